The van der Waals surface area contributed by atoms with Crippen molar-refractivity contribution >= 4 is 51.6 Å². The van der Waals surface area contributed by atoms with Crippen LogP contribution in [0.3, 0.4) is 0 Å². The van der Waals surface area contributed by atoms with Crippen LogP contribution in [0.15, 0.2) is 98.1 Å². The summed E-state index contributed by atoms with van der Waals surface area (Å²) < 4.78 is -0.785. The van der Waals surface area contributed by atoms with Crippen LogP contribution in [0, 0.1) is 17.8 Å². The van der Waals surface area contributed by atoms with Crippen molar-refractivity contribution in [2.45, 2.75) is 55.2 Å². The van der Waals surface area contributed by atoms with E-state index in [1.807, 2.05) is 86.6 Å². The highest BCUT2D eigenvalue weighted by Crippen LogP contribution is 2.67. The van der Waals surface area contributed by atoms with Crippen LogP contribution in [0.1, 0.15) is 33.1 Å². The van der Waals surface area contributed by atoms with Gasteiger partial charge in [0.2, 0.25) is 11.8 Å². The Labute approximate surface area is 275 Å². The third-order valence-corrected chi connectivity index (χ3v) is 12.3. The van der Waals surface area contributed by atoms with Crippen LogP contribution >= 0.6 is 11.8 Å². The fraction of sp³-hybridized carbons (Fsp3) is 0.395. The summed E-state index contributed by atoms with van der Waals surface area (Å²) in [4.78, 5) is 49.6. The van der Waals surface area contributed by atoms with Gasteiger partial charge in [0.15, 0.2) is 0 Å². The summed E-state index contributed by atoms with van der Waals surface area (Å²) in [6.45, 7) is 12.2. The molecule has 3 saturated heterocycles. The number of carbonyl (C=O) groups excluding carboxylic acids is 3. The first kappa shape index (κ1) is 32.1. The second-order valence-corrected chi connectivity index (χ2v) is 14.4. The number of likely N-dealkylation sites (tertiary alicyclic amines) is 1. The van der Waals surface area contributed by atoms with Gasteiger partial charge in [-0.2, -0.15) is 0 Å². The molecule has 46 heavy (non-hydrogen) atoms. The van der Waals surface area contributed by atoms with Crippen molar-refractivity contribution in [2.24, 2.45) is 17.8 Å². The highest BCUT2D eigenvalue weighted by Gasteiger charge is 2.75. The van der Waals surface area contributed by atoms with Crippen LogP contribution in [-0.2, 0) is 14.4 Å². The molecule has 1 spiro atoms. The van der Waals surface area contributed by atoms with Crippen molar-refractivity contribution in [3.8, 4) is 0 Å². The lowest BCUT2D eigenvalue weighted by atomic mass is 9.70. The van der Waals surface area contributed by atoms with Gasteiger partial charge in [0, 0.05) is 29.7 Å². The molecule has 0 aliphatic carbocycles. The lowest BCUT2D eigenvalue weighted by Crippen LogP contribution is -2.58. The minimum absolute atomic E-state index is 0.0501. The van der Waals surface area contributed by atoms with Gasteiger partial charge in [-0.1, -0.05) is 81.0 Å². The number of para-hydroxylation sites is 1. The van der Waals surface area contributed by atoms with Gasteiger partial charge >= 0.3 is 0 Å². The van der Waals surface area contributed by atoms with Crippen molar-refractivity contribution in [3.63, 3.8) is 0 Å². The van der Waals surface area contributed by atoms with Crippen LogP contribution in [0.2, 0.25) is 0 Å². The predicted octanol–water partition coefficient (Wildman–Crippen LogP) is 6.08. The number of hydrogen-bond donors (Lipinski definition) is 1. The Hall–Kier alpha value is -3.88. The fourth-order valence-electron chi connectivity index (χ4n) is 8.01. The number of nitrogens with zero attached hydrogens (tertiary/aromatic N) is 3. The van der Waals surface area contributed by atoms with Crippen LogP contribution < -0.4 is 9.80 Å². The van der Waals surface area contributed by atoms with Gasteiger partial charge in [0.25, 0.3) is 5.91 Å². The number of anilines is 2. The van der Waals surface area contributed by atoms with Crippen molar-refractivity contribution < 1.29 is 19.5 Å². The maximum Gasteiger partial charge on any atom is 0.251 e. The van der Waals surface area contributed by atoms with Gasteiger partial charge in [-0.05, 0) is 53.8 Å². The minimum Gasteiger partial charge on any atom is -0.394 e. The summed E-state index contributed by atoms with van der Waals surface area (Å²) in [7, 11) is 0. The molecule has 0 radical (unpaired) electrons. The SMILES string of the molecule is C=CCN(C(=O)C1N([C@@H](CO)[C@@H](C)CC)C(=O)[C@@H]2[C@@H](C(=O)N(CC=C)c3ccccc3)[C@H]3CCC12S3)c1ccc2ccccc2c1. The zero-order valence-corrected chi connectivity index (χ0v) is 27.4. The number of aliphatic hydroxyl groups excluding tert-OH is 1. The molecule has 3 aromatic carbocycles. The molecule has 2 bridgehead atoms. The van der Waals surface area contributed by atoms with Crippen LogP contribution in [0.5, 0.6) is 0 Å². The second kappa shape index (κ2) is 13.1. The first-order valence-electron chi connectivity index (χ1n) is 16.3. The Morgan fingerprint density at radius 2 is 1.63 bits per heavy atom. The van der Waals surface area contributed by atoms with Crippen molar-refractivity contribution in [3.05, 3.63) is 98.1 Å². The number of fused-ring (bicyclic) bond motifs is 2. The minimum atomic E-state index is -0.833. The molecule has 3 aliphatic rings. The number of rotatable bonds is 12. The maximum absolute atomic E-state index is 15.1. The fourth-order valence-corrected chi connectivity index (χ4v) is 10.2. The number of amides is 3. The zero-order chi connectivity index (χ0) is 32.6. The van der Waals surface area contributed by atoms with Crippen LogP contribution in [-0.4, -0.2) is 69.5 Å². The molecule has 240 valence electrons. The van der Waals surface area contributed by atoms with E-state index >= 15 is 4.79 Å². The number of aliphatic hydroxyl groups is 1. The lowest BCUT2D eigenvalue weighted by Gasteiger charge is -2.41. The monoisotopic (exact) mass is 637 g/mol. The van der Waals surface area contributed by atoms with E-state index in [0.29, 0.717) is 13.0 Å². The largest absolute Gasteiger partial charge is 0.394 e. The topological polar surface area (TPSA) is 81.2 Å². The molecular formula is C38H43N3O4S. The molecule has 3 heterocycles. The Balaban J connectivity index is 1.45. The highest BCUT2D eigenvalue weighted by atomic mass is 32.2. The third-order valence-electron chi connectivity index (χ3n) is 10.4. The zero-order valence-electron chi connectivity index (χ0n) is 26.6. The van der Waals surface area contributed by atoms with E-state index in [0.717, 1.165) is 35.0 Å². The van der Waals surface area contributed by atoms with E-state index in [4.69, 9.17) is 0 Å². The van der Waals surface area contributed by atoms with Gasteiger partial charge in [-0.15, -0.1) is 24.9 Å². The molecule has 3 aromatic rings. The second-order valence-electron chi connectivity index (χ2n) is 12.8. The summed E-state index contributed by atoms with van der Waals surface area (Å²) in [6.07, 6.45) is 5.54. The van der Waals surface area contributed by atoms with Gasteiger partial charge < -0.3 is 19.8 Å². The van der Waals surface area contributed by atoms with Crippen LogP contribution in [0.4, 0.5) is 11.4 Å². The molecular weight excluding hydrogens is 595 g/mol. The average molecular weight is 638 g/mol. The Morgan fingerprint density at radius 3 is 2.28 bits per heavy atom. The standard InChI is InChI=1S/C38H43N3O4S/c1-5-21-39(28-15-9-8-10-16-28)35(43)32-31-19-20-38(46-31)33(32)36(44)41(30(24-42)25(4)7-3)34(38)37(45)40(22-6-2)29-18-17-26-13-11-12-14-27(26)23-29/h5-6,8-18,23,25,30-34,42H,1-2,7,19-22,24H2,3-4H3/t25-,30-,31+,32-,33-,34?,38?/m0/s1. The maximum atomic E-state index is 15.1. The van der Waals surface area contributed by atoms with E-state index in [9.17, 15) is 14.7 Å². The number of hydrogen-bond acceptors (Lipinski definition) is 5. The molecule has 2 unspecified atom stereocenters. The summed E-state index contributed by atoms with van der Waals surface area (Å²) in [5.74, 6) is -1.82. The number of thioether (sulfide) groups is 1. The van der Waals surface area contributed by atoms with Gasteiger partial charge in [0.05, 0.1) is 29.2 Å². The first-order valence-corrected chi connectivity index (χ1v) is 17.2. The van der Waals surface area contributed by atoms with Gasteiger partial charge in [-0.25, -0.2) is 0 Å². The molecule has 3 aliphatic heterocycles. The van der Waals surface area contributed by atoms with Crippen molar-refractivity contribution in [1.82, 2.24) is 4.90 Å². The molecule has 7 nitrogen and oxygen atoms in total. The molecule has 8 heteroatoms. The van der Waals surface area contributed by atoms with Crippen molar-refractivity contribution in [1.29, 1.82) is 0 Å². The molecule has 1 N–H and O–H groups in total. The first-order chi connectivity index (χ1) is 22.3. The number of benzene rings is 3. The third kappa shape index (κ3) is 5.16. The smallest absolute Gasteiger partial charge is 0.251 e. The highest BCUT2D eigenvalue weighted by molar-refractivity contribution is 8.02. The van der Waals surface area contributed by atoms with E-state index in [2.05, 4.69) is 13.2 Å². The molecule has 6 rings (SSSR count). The summed E-state index contributed by atoms with van der Waals surface area (Å²) >= 11 is 1.65. The van der Waals surface area contributed by atoms with E-state index in [1.165, 1.54) is 0 Å². The Kier molecular flexibility index (Phi) is 9.12. The Bertz CT molecular complexity index is 1650. The molecule has 7 atom stereocenters. The normalized spacial score (nSPS) is 26.1. The summed E-state index contributed by atoms with van der Waals surface area (Å²) in [5, 5.41) is 12.8. The molecule has 3 fully saturated rings. The van der Waals surface area contributed by atoms with Gasteiger partial charge in [-0.3, -0.25) is 14.4 Å². The summed E-state index contributed by atoms with van der Waals surface area (Å²) in [6, 6.07) is 22.1. The van der Waals surface area contributed by atoms with Crippen LogP contribution in [0.25, 0.3) is 10.8 Å². The quantitative estimate of drug-likeness (QED) is 0.244. The van der Waals surface area contributed by atoms with Crippen molar-refractivity contribution in [2.75, 3.05) is 29.5 Å². The number of carbonyl (C=O) groups is 3. The Morgan fingerprint density at radius 1 is 0.978 bits per heavy atom. The molecule has 0 aromatic heterocycles. The lowest BCUT2D eigenvalue weighted by molar-refractivity contribution is -0.143. The predicted molar refractivity (Wildman–Crippen MR) is 187 cm³/mol. The molecule has 0 saturated carbocycles. The van der Waals surface area contributed by atoms with E-state index in [1.54, 1.807) is 38.6 Å². The molecule has 3 amide bonds. The van der Waals surface area contributed by atoms with E-state index < -0.39 is 28.7 Å². The average Bonchev–Trinajstić information content (AvgIpc) is 3.73. The van der Waals surface area contributed by atoms with Gasteiger partial charge in [0.1, 0.15) is 6.04 Å². The van der Waals surface area contributed by atoms with E-state index in [-0.39, 0.29) is 42.0 Å². The summed E-state index contributed by atoms with van der Waals surface area (Å²) in [5.41, 5.74) is 1.48.